The summed E-state index contributed by atoms with van der Waals surface area (Å²) < 4.78 is 1.25. The second kappa shape index (κ2) is 4.84. The van der Waals surface area contributed by atoms with Gasteiger partial charge in [-0.2, -0.15) is 11.8 Å². The smallest absolute Gasteiger partial charge is 0.331 e. The predicted octanol–water partition coefficient (Wildman–Crippen LogP) is 1.09. The van der Waals surface area contributed by atoms with Crippen LogP contribution in [0.5, 0.6) is 5.88 Å². The van der Waals surface area contributed by atoms with E-state index >= 15 is 0 Å². The van der Waals surface area contributed by atoms with Gasteiger partial charge in [-0.1, -0.05) is 6.92 Å². The van der Waals surface area contributed by atoms with Crippen LogP contribution in [-0.2, 0) is 13.0 Å². The Bertz CT molecular complexity index is 555. The molecule has 2 rings (SSSR count). The van der Waals surface area contributed by atoms with Crippen molar-refractivity contribution in [1.29, 1.82) is 0 Å². The highest BCUT2D eigenvalue weighted by atomic mass is 32.2. The van der Waals surface area contributed by atoms with Gasteiger partial charge in [0.25, 0.3) is 5.56 Å². The lowest BCUT2D eigenvalue weighted by Gasteiger charge is -2.24. The third kappa shape index (κ3) is 2.34. The van der Waals surface area contributed by atoms with Gasteiger partial charge in [0.05, 0.1) is 5.56 Å². The van der Waals surface area contributed by atoms with Gasteiger partial charge < -0.3 is 5.11 Å². The minimum Gasteiger partial charge on any atom is -0.494 e. The molecule has 100 valence electrons. The second-order valence-electron chi connectivity index (χ2n) is 4.90. The van der Waals surface area contributed by atoms with Crippen LogP contribution in [0.2, 0.25) is 0 Å². The molecule has 0 bridgehead atoms. The van der Waals surface area contributed by atoms with Gasteiger partial charge in [0, 0.05) is 11.3 Å². The van der Waals surface area contributed by atoms with Gasteiger partial charge in [-0.15, -0.1) is 0 Å². The Labute approximate surface area is 109 Å². The molecule has 0 radical (unpaired) electrons. The van der Waals surface area contributed by atoms with E-state index in [-0.39, 0.29) is 16.2 Å². The Kier molecular flexibility index (Phi) is 3.56. The molecule has 1 fully saturated rings. The van der Waals surface area contributed by atoms with Gasteiger partial charge in [0.15, 0.2) is 0 Å². The number of aromatic hydroxyl groups is 1. The molecule has 5 nitrogen and oxygen atoms in total. The minimum atomic E-state index is -0.525. The third-order valence-corrected chi connectivity index (χ3v) is 4.93. The summed E-state index contributed by atoms with van der Waals surface area (Å²) in [6.07, 6.45) is 2.55. The van der Waals surface area contributed by atoms with Crippen LogP contribution in [0.4, 0.5) is 0 Å². The van der Waals surface area contributed by atoms with Crippen LogP contribution in [0.1, 0.15) is 32.3 Å². The number of nitrogens with one attached hydrogen (secondary N) is 1. The van der Waals surface area contributed by atoms with Crippen molar-refractivity contribution < 1.29 is 5.11 Å². The number of thioether (sulfide) groups is 1. The van der Waals surface area contributed by atoms with Gasteiger partial charge in [-0.25, -0.2) is 4.79 Å². The fourth-order valence-electron chi connectivity index (χ4n) is 2.36. The Hall–Kier alpha value is -1.17. The summed E-state index contributed by atoms with van der Waals surface area (Å²) in [6.45, 7) is 4.31. The first-order valence-electron chi connectivity index (χ1n) is 6.16. The minimum absolute atomic E-state index is 0.0371. The molecule has 1 unspecified atom stereocenters. The zero-order chi connectivity index (χ0) is 13.3. The molecule has 0 spiro atoms. The van der Waals surface area contributed by atoms with E-state index in [0.717, 1.165) is 18.6 Å². The van der Waals surface area contributed by atoms with Crippen molar-refractivity contribution in [2.45, 2.75) is 44.4 Å². The van der Waals surface area contributed by atoms with Crippen LogP contribution in [0, 0.1) is 0 Å². The quantitative estimate of drug-likeness (QED) is 0.862. The summed E-state index contributed by atoms with van der Waals surface area (Å²) in [5, 5.41) is 10.1. The maximum atomic E-state index is 11.8. The van der Waals surface area contributed by atoms with Crippen molar-refractivity contribution in [3.63, 3.8) is 0 Å². The Balaban J connectivity index is 2.45. The lowest BCUT2D eigenvalue weighted by molar-refractivity contribution is 0.371. The molecule has 0 aliphatic carbocycles. The summed E-state index contributed by atoms with van der Waals surface area (Å²) >= 11 is 1.81. The highest BCUT2D eigenvalue weighted by Crippen LogP contribution is 2.39. The number of aromatic nitrogens is 2. The van der Waals surface area contributed by atoms with Crippen molar-refractivity contribution >= 4 is 11.8 Å². The highest BCUT2D eigenvalue weighted by molar-refractivity contribution is 8.00. The van der Waals surface area contributed by atoms with E-state index in [2.05, 4.69) is 11.9 Å². The molecule has 1 aliphatic heterocycles. The van der Waals surface area contributed by atoms with Crippen LogP contribution in [0.3, 0.4) is 0 Å². The average molecular weight is 270 g/mol. The monoisotopic (exact) mass is 270 g/mol. The molecule has 1 aliphatic rings. The summed E-state index contributed by atoms with van der Waals surface area (Å²) in [6, 6.07) is 0. The van der Waals surface area contributed by atoms with E-state index in [1.807, 2.05) is 11.8 Å². The third-order valence-electron chi connectivity index (χ3n) is 3.41. The topological polar surface area (TPSA) is 75.1 Å². The Morgan fingerprint density at radius 3 is 2.78 bits per heavy atom. The molecular formula is C12H18N2O3S. The van der Waals surface area contributed by atoms with Crippen molar-refractivity contribution in [3.05, 3.63) is 26.4 Å². The average Bonchev–Trinajstić information content (AvgIpc) is 2.72. The lowest BCUT2D eigenvalue weighted by Crippen LogP contribution is -2.37. The molecule has 1 aromatic heterocycles. The van der Waals surface area contributed by atoms with Gasteiger partial charge in [0.2, 0.25) is 5.88 Å². The second-order valence-corrected chi connectivity index (χ2v) is 6.59. The summed E-state index contributed by atoms with van der Waals surface area (Å²) in [5.41, 5.74) is -0.731. The molecule has 1 saturated heterocycles. The normalized spacial score (nSPS) is 23.4. The first-order chi connectivity index (χ1) is 8.47. The van der Waals surface area contributed by atoms with E-state index in [0.29, 0.717) is 13.0 Å². The standard InChI is InChI=1S/C12H18N2O3S/c1-3-8-9(15)13-11(17)14(10(8)16)7-12(2)5-4-6-18-12/h16H,3-7H2,1-2H3,(H,13,15,17). The van der Waals surface area contributed by atoms with Crippen LogP contribution in [0.25, 0.3) is 0 Å². The number of nitrogens with zero attached hydrogens (tertiary/aromatic N) is 1. The molecule has 1 aromatic rings. The molecule has 0 aromatic carbocycles. The summed E-state index contributed by atoms with van der Waals surface area (Å²) in [7, 11) is 0. The van der Waals surface area contributed by atoms with Gasteiger partial charge in [-0.05, 0) is 31.9 Å². The maximum Gasteiger partial charge on any atom is 0.331 e. The number of rotatable bonds is 3. The van der Waals surface area contributed by atoms with E-state index in [1.54, 1.807) is 6.92 Å². The SMILES string of the molecule is CCc1c(O)n(CC2(C)CCCS2)c(=O)[nH]c1=O. The van der Waals surface area contributed by atoms with Crippen LogP contribution >= 0.6 is 11.8 Å². The van der Waals surface area contributed by atoms with Crippen LogP contribution < -0.4 is 11.2 Å². The van der Waals surface area contributed by atoms with Gasteiger partial charge in [-0.3, -0.25) is 14.3 Å². The van der Waals surface area contributed by atoms with Crippen molar-refractivity contribution in [2.75, 3.05) is 5.75 Å². The van der Waals surface area contributed by atoms with Crippen molar-refractivity contribution in [2.24, 2.45) is 0 Å². The van der Waals surface area contributed by atoms with Crippen molar-refractivity contribution in [1.82, 2.24) is 9.55 Å². The Morgan fingerprint density at radius 1 is 1.50 bits per heavy atom. The summed E-state index contributed by atoms with van der Waals surface area (Å²) in [5.74, 6) is 0.899. The highest BCUT2D eigenvalue weighted by Gasteiger charge is 2.31. The molecule has 6 heteroatoms. The fourth-order valence-corrected chi connectivity index (χ4v) is 3.65. The van der Waals surface area contributed by atoms with Gasteiger partial charge >= 0.3 is 5.69 Å². The predicted molar refractivity (Wildman–Crippen MR) is 72.5 cm³/mol. The van der Waals surface area contributed by atoms with Crippen LogP contribution in [0.15, 0.2) is 9.59 Å². The molecule has 2 heterocycles. The first-order valence-corrected chi connectivity index (χ1v) is 7.14. The zero-order valence-electron chi connectivity index (χ0n) is 10.7. The number of aromatic amines is 1. The first kappa shape index (κ1) is 13.3. The Morgan fingerprint density at radius 2 is 2.22 bits per heavy atom. The van der Waals surface area contributed by atoms with E-state index in [4.69, 9.17) is 0 Å². The molecular weight excluding hydrogens is 252 g/mol. The number of hydrogen-bond donors (Lipinski definition) is 2. The molecule has 1 atom stereocenters. The van der Waals surface area contributed by atoms with Crippen LogP contribution in [-0.4, -0.2) is 25.2 Å². The molecule has 0 saturated carbocycles. The lowest BCUT2D eigenvalue weighted by atomic mass is 10.1. The maximum absolute atomic E-state index is 11.8. The zero-order valence-corrected chi connectivity index (χ0v) is 11.5. The molecule has 2 N–H and O–H groups in total. The summed E-state index contributed by atoms with van der Waals surface area (Å²) in [4.78, 5) is 25.6. The van der Waals surface area contributed by atoms with E-state index in [9.17, 15) is 14.7 Å². The van der Waals surface area contributed by atoms with Crippen molar-refractivity contribution in [3.8, 4) is 5.88 Å². The van der Waals surface area contributed by atoms with E-state index < -0.39 is 11.2 Å². The number of H-pyrrole nitrogens is 1. The molecule has 18 heavy (non-hydrogen) atoms. The number of hydrogen-bond acceptors (Lipinski definition) is 4. The fraction of sp³-hybridized carbons (Fsp3) is 0.667. The largest absolute Gasteiger partial charge is 0.494 e. The van der Waals surface area contributed by atoms with Gasteiger partial charge in [0.1, 0.15) is 0 Å². The molecule has 0 amide bonds. The van der Waals surface area contributed by atoms with E-state index in [1.165, 1.54) is 4.57 Å².